The molecule has 0 aromatic carbocycles. The van der Waals surface area contributed by atoms with Crippen molar-refractivity contribution in [1.29, 1.82) is 0 Å². The molecule has 63 heteroatoms. The quantitative estimate of drug-likeness (QED) is 0.0826. The van der Waals surface area contributed by atoms with Crippen molar-refractivity contribution in [3.05, 3.63) is 0 Å². The Morgan fingerprint density at radius 1 is 0.208 bits per heavy atom. The summed E-state index contributed by atoms with van der Waals surface area (Å²) in [5.74, 6) is -9.10. The van der Waals surface area contributed by atoms with Crippen LogP contribution in [0.4, 0.5) is 0 Å². The van der Waals surface area contributed by atoms with Crippen LogP contribution in [0.1, 0.15) is 0 Å². The summed E-state index contributed by atoms with van der Waals surface area (Å²) in [5, 5.41) is 3.03. The Kier molecular flexibility index (Phi) is 225. The molecule has 0 aliphatic heterocycles. The summed E-state index contributed by atoms with van der Waals surface area (Å²) >= 11 is 0. The Hall–Kier alpha value is 21.4. The van der Waals surface area contributed by atoms with Crippen molar-refractivity contribution in [1.82, 2.24) is 5.32 Å². The second-order valence-corrected chi connectivity index (χ2v) is 26.0. The van der Waals surface area contributed by atoms with Gasteiger partial charge in [0.05, 0.1) is 0 Å². The molecule has 0 unspecified atom stereocenters. The Balaban J connectivity index is -0.0000000139. The van der Waals surface area contributed by atoms with E-state index in [1.165, 1.54) is 0 Å². The van der Waals surface area contributed by atoms with E-state index in [4.69, 9.17) is 11.5 Å². The molecule has 5 N–H and O–H groups in total. The average molecular weight is 1420 g/mol. The van der Waals surface area contributed by atoms with E-state index in [-0.39, 0.29) is 591 Å². The predicted molar refractivity (Wildman–Crippen MR) is 131 cm³/mol. The molecule has 0 aliphatic carbocycles. The molecule has 72 heavy (non-hydrogen) atoms. The van der Waals surface area contributed by atoms with Gasteiger partial charge in [-0.15, -0.1) is 0 Å². The first-order valence-electron chi connectivity index (χ1n) is 11.2. The van der Waals surface area contributed by atoms with Gasteiger partial charge in [0.1, 0.15) is 0 Å². The van der Waals surface area contributed by atoms with Crippen molar-refractivity contribution in [2.75, 3.05) is 55.7 Å². The molecule has 0 spiro atoms. The molecular weight excluding hydrogens is 1400 g/mol. The molecule has 0 heterocycles. The molecule has 0 fully saturated rings. The van der Waals surface area contributed by atoms with Crippen LogP contribution in [0.5, 0.6) is 0 Å². The molecule has 0 bridgehead atoms. The molecule has 0 aromatic heterocycles. The van der Waals surface area contributed by atoms with Gasteiger partial charge in [0.15, 0.2) is 0 Å². The zero-order valence-electron chi connectivity index (χ0n) is 44.7. The maximum Gasteiger partial charge on any atom is 1.00 e. The second kappa shape index (κ2) is 92.4. The Labute approximate surface area is 860 Å². The van der Waals surface area contributed by atoms with Crippen molar-refractivity contribution in [2.24, 2.45) is 11.5 Å². The van der Waals surface area contributed by atoms with Crippen LogP contribution in [0.15, 0.2) is 0 Å². The van der Waals surface area contributed by atoms with E-state index in [0.29, 0.717) is 13.1 Å². The van der Waals surface area contributed by atoms with Gasteiger partial charge in [0.2, 0.25) is 0 Å². The second-order valence-electron chi connectivity index (χ2n) is 8.14. The van der Waals surface area contributed by atoms with Crippen LogP contribution in [-0.2, 0) is 45.7 Å². The smallest absolute Gasteiger partial charge is 0.810 e. The Bertz CT molecular complexity index is 1170. The molecule has 0 radical (unpaired) electrons. The van der Waals surface area contributed by atoms with Crippen LogP contribution in [0, 0.1) is 0 Å². The van der Waals surface area contributed by atoms with E-state index in [0.717, 1.165) is 13.1 Å². The first-order valence-corrected chi connectivity index (χ1v) is 28.4. The van der Waals surface area contributed by atoms with Crippen molar-refractivity contribution in [2.45, 2.75) is 0 Å². The van der Waals surface area contributed by atoms with E-state index < -0.39 is 105 Å². The summed E-state index contributed by atoms with van der Waals surface area (Å²) < 4.78 is 95.5. The molecule has 324 valence electrons. The van der Waals surface area contributed by atoms with Gasteiger partial charge >= 0.3 is 591 Å². The third-order valence-electron chi connectivity index (χ3n) is 2.37. The summed E-state index contributed by atoms with van der Waals surface area (Å²) in [4.78, 5) is 191. The third kappa shape index (κ3) is 243. The minimum absolute atomic E-state index is 0. The van der Waals surface area contributed by atoms with Crippen LogP contribution >= 0.6 is 76.0 Å². The monoisotopic (exact) mass is 1420 g/mol. The van der Waals surface area contributed by atoms with Gasteiger partial charge in [0.25, 0.3) is 0 Å². The molecule has 0 saturated carbocycles. The fourth-order valence-corrected chi connectivity index (χ4v) is 9.88. The van der Waals surface area contributed by atoms with E-state index in [9.17, 15) is 144 Å². The Morgan fingerprint density at radius 3 is 0.306 bits per heavy atom. The van der Waals surface area contributed by atoms with Crippen molar-refractivity contribution < 1.29 is 735 Å². The number of nitrogens with one attached hydrogen (secondary N) is 1. The van der Waals surface area contributed by atoms with Gasteiger partial charge < -0.3 is 160 Å². The Morgan fingerprint density at radius 2 is 0.278 bits per heavy atom. The van der Waals surface area contributed by atoms with Crippen molar-refractivity contribution in [3.8, 4) is 0 Å². The fraction of sp³-hybridized carbons (Fsp3) is 1.00. The third-order valence-corrected chi connectivity index (χ3v) is 16.2. The van der Waals surface area contributed by atoms with Crippen LogP contribution in [0.2, 0.25) is 0 Å². The normalized spacial score (nSPS) is 9.53. The molecule has 0 aliphatic rings. The molecular formula is C9H23N3Na20O30P10. The van der Waals surface area contributed by atoms with E-state index >= 15 is 0 Å². The molecule has 0 amide bonds. The summed E-state index contributed by atoms with van der Waals surface area (Å²) in [5.41, 5.74) is 10.3. The maximum atomic E-state index is 9.55. The first-order chi connectivity index (χ1) is 21.9. The standard InChI is InChI=1S/C4H13N3.5CH6O6P2.20Na/c5-1-3-7-4-2-6;5*2-8(3,4)1-9(5,6)7;;;;;;;;;;;;;;;;;;;;/h7H,1-6H2;5*1H2,(H2,2,3,4)(H2,5,6,7);;;;;;;;;;;;;;;;;;;;/q;;;;;;20*+1/p-20. The van der Waals surface area contributed by atoms with Gasteiger partial charge in [-0.05, 0) is 0 Å². The minimum atomic E-state index is -5.18. The number of rotatable bonds is 14. The summed E-state index contributed by atoms with van der Waals surface area (Å²) in [6.07, 6.45) is 0. The van der Waals surface area contributed by atoms with E-state index in [2.05, 4.69) is 5.32 Å². The van der Waals surface area contributed by atoms with Crippen molar-refractivity contribution >= 4 is 76.0 Å². The molecule has 33 nitrogen and oxygen atoms in total. The topological polar surface area (TPSA) is 696 Å². The predicted octanol–water partition coefficient (Wildman–Crippen LogP) is -77.6. The SMILES string of the molecule is NCCNCCN.O=P([O-])([O-])CP(=O)([O-])[O-].O=P([O-])([O-])CP(=O)([O-])[O-].O=P([O-])([O-])CP(=O)([O-])[O-].O=P([O-])([O-])CP(=O)([O-])[O-].O=P([O-])([O-])CP(=O)([O-])[O-].[Na+].[Na+].[Na+].[Na+].[Na+].[Na+].[Na+].[Na+].[Na+].[Na+].[Na+].[Na+].[Na+].[Na+].[Na+].[Na+].[Na+].[Na+].[Na+].[Na+]. The summed E-state index contributed by atoms with van der Waals surface area (Å²) in [6.45, 7) is 3.13. The van der Waals surface area contributed by atoms with Crippen molar-refractivity contribution in [3.63, 3.8) is 0 Å². The van der Waals surface area contributed by atoms with Crippen LogP contribution in [0.3, 0.4) is 0 Å². The molecule has 0 saturated heterocycles. The van der Waals surface area contributed by atoms with Gasteiger partial charge in [-0.2, -0.15) is 0 Å². The summed E-state index contributed by atoms with van der Waals surface area (Å²) in [6, 6.07) is 0. The van der Waals surface area contributed by atoms with E-state index in [1.54, 1.807) is 0 Å². The number of nitrogens with two attached hydrogens (primary N) is 2. The van der Waals surface area contributed by atoms with Crippen LogP contribution in [0.25, 0.3) is 0 Å². The molecule has 0 rings (SSSR count). The molecule has 0 atom stereocenters. The maximum absolute atomic E-state index is 9.55. The first kappa shape index (κ1) is 176. The van der Waals surface area contributed by atoms with Gasteiger partial charge in [-0.3, -0.25) is 0 Å². The average Bonchev–Trinajstić information content (AvgIpc) is 2.62. The van der Waals surface area contributed by atoms with E-state index in [1.807, 2.05) is 0 Å². The van der Waals surface area contributed by atoms with Crippen LogP contribution in [-0.4, -0.2) is 55.7 Å². The molecule has 0 aromatic rings. The fourth-order valence-electron chi connectivity index (χ4n) is 1.39. The summed E-state index contributed by atoms with van der Waals surface area (Å²) in [7, 11) is -51.8. The number of hydrogen-bond acceptors (Lipinski definition) is 33. The minimum Gasteiger partial charge on any atom is -0.810 e. The number of hydrogen-bond donors (Lipinski definition) is 3. The largest absolute Gasteiger partial charge is 1.00 e. The van der Waals surface area contributed by atoms with Gasteiger partial charge in [-0.25, -0.2) is 0 Å². The van der Waals surface area contributed by atoms with Gasteiger partial charge in [-0.1, -0.05) is 76.0 Å². The van der Waals surface area contributed by atoms with Gasteiger partial charge in [0, 0.05) is 55.7 Å². The zero-order valence-corrected chi connectivity index (χ0v) is 93.7. The van der Waals surface area contributed by atoms with Crippen LogP contribution < -0.4 is 706 Å². The zero-order chi connectivity index (χ0) is 44.1.